The van der Waals surface area contributed by atoms with Gasteiger partial charge in [0, 0.05) is 5.56 Å². The van der Waals surface area contributed by atoms with E-state index in [9.17, 15) is 0 Å². The number of anilines is 1. The molecule has 0 bridgehead atoms. The Balaban J connectivity index is 2.17. The highest BCUT2D eigenvalue weighted by Gasteiger charge is 2.15. The highest BCUT2D eigenvalue weighted by Crippen LogP contribution is 2.27. The van der Waals surface area contributed by atoms with Crippen molar-refractivity contribution in [2.75, 3.05) is 5.73 Å². The molecule has 0 radical (unpaired) electrons. The van der Waals surface area contributed by atoms with Crippen molar-refractivity contribution in [2.24, 2.45) is 0 Å². The summed E-state index contributed by atoms with van der Waals surface area (Å²) in [6.07, 6.45) is 0. The number of nitrogen functional groups attached to an aromatic ring is 1. The molecule has 2 heterocycles. The summed E-state index contributed by atoms with van der Waals surface area (Å²) in [7, 11) is 0. The van der Waals surface area contributed by atoms with Crippen molar-refractivity contribution in [3.05, 3.63) is 59.9 Å². The Kier molecular flexibility index (Phi) is 2.99. The number of hydrogen-bond acceptors (Lipinski definition) is 3. The largest absolute Gasteiger partial charge is 0.384 e. The van der Waals surface area contributed by atoms with Gasteiger partial charge in [-0.25, -0.2) is 9.67 Å². The summed E-state index contributed by atoms with van der Waals surface area (Å²) in [5.74, 6) is 0.522. The van der Waals surface area contributed by atoms with Crippen LogP contribution in [0, 0.1) is 13.8 Å². The van der Waals surface area contributed by atoms with Crippen molar-refractivity contribution >= 4 is 5.82 Å². The van der Waals surface area contributed by atoms with Crippen molar-refractivity contribution in [3.8, 4) is 16.9 Å². The Labute approximate surface area is 117 Å². The number of benzene rings is 1. The molecular formula is C16H16N4. The fourth-order valence-electron chi connectivity index (χ4n) is 2.42. The van der Waals surface area contributed by atoms with Gasteiger partial charge < -0.3 is 5.73 Å². The maximum Gasteiger partial charge on any atom is 0.124 e. The van der Waals surface area contributed by atoms with Gasteiger partial charge in [-0.05, 0) is 38.1 Å². The summed E-state index contributed by atoms with van der Waals surface area (Å²) in [6.45, 7) is 4.04. The lowest BCUT2D eigenvalue weighted by Crippen LogP contribution is -1.98. The number of nitrogens with zero attached hydrogens (tertiary/aromatic N) is 3. The summed E-state index contributed by atoms with van der Waals surface area (Å²) in [5.41, 5.74) is 10.7. The summed E-state index contributed by atoms with van der Waals surface area (Å²) in [4.78, 5) is 4.40. The van der Waals surface area contributed by atoms with E-state index in [2.05, 4.69) is 10.1 Å². The van der Waals surface area contributed by atoms with Crippen molar-refractivity contribution in [3.63, 3.8) is 0 Å². The first-order valence-electron chi connectivity index (χ1n) is 6.51. The van der Waals surface area contributed by atoms with Crippen LogP contribution in [-0.2, 0) is 0 Å². The molecule has 3 rings (SSSR count). The monoisotopic (exact) mass is 264 g/mol. The summed E-state index contributed by atoms with van der Waals surface area (Å²) >= 11 is 0. The number of hydrogen-bond donors (Lipinski definition) is 1. The molecule has 0 amide bonds. The SMILES string of the molecule is Cc1nn(-c2ccccc2)c(C)c1-c1cccc(N)n1. The third kappa shape index (κ3) is 2.05. The van der Waals surface area contributed by atoms with Gasteiger partial charge in [0.25, 0.3) is 0 Å². The minimum Gasteiger partial charge on any atom is -0.384 e. The first kappa shape index (κ1) is 12.4. The standard InChI is InChI=1S/C16H16N4/c1-11-16(14-9-6-10-15(17)18-14)12(2)20(19-11)13-7-4-3-5-8-13/h3-10H,1-2H3,(H2,17,18). The molecule has 100 valence electrons. The zero-order valence-corrected chi connectivity index (χ0v) is 11.5. The van der Waals surface area contributed by atoms with E-state index in [1.165, 1.54) is 0 Å². The van der Waals surface area contributed by atoms with Crippen LogP contribution in [0.25, 0.3) is 16.9 Å². The van der Waals surface area contributed by atoms with Gasteiger partial charge in [0.15, 0.2) is 0 Å². The maximum atomic E-state index is 5.78. The van der Waals surface area contributed by atoms with Gasteiger partial charge in [-0.3, -0.25) is 0 Å². The van der Waals surface area contributed by atoms with Crippen LogP contribution in [0.4, 0.5) is 5.82 Å². The van der Waals surface area contributed by atoms with Crippen molar-refractivity contribution in [2.45, 2.75) is 13.8 Å². The highest BCUT2D eigenvalue weighted by atomic mass is 15.3. The summed E-state index contributed by atoms with van der Waals surface area (Å²) in [6, 6.07) is 15.7. The molecule has 3 aromatic rings. The lowest BCUT2D eigenvalue weighted by molar-refractivity contribution is 0.834. The van der Waals surface area contributed by atoms with E-state index in [1.54, 1.807) is 6.07 Å². The van der Waals surface area contributed by atoms with Gasteiger partial charge in [0.05, 0.1) is 22.8 Å². The second-order valence-corrected chi connectivity index (χ2v) is 4.74. The molecule has 0 unspecified atom stereocenters. The van der Waals surface area contributed by atoms with Crippen LogP contribution in [0.2, 0.25) is 0 Å². The highest BCUT2D eigenvalue weighted by molar-refractivity contribution is 5.67. The number of aromatic nitrogens is 3. The lowest BCUT2D eigenvalue weighted by Gasteiger charge is -2.05. The van der Waals surface area contributed by atoms with Crippen LogP contribution in [-0.4, -0.2) is 14.8 Å². The molecule has 0 fully saturated rings. The number of nitrogens with two attached hydrogens (primary N) is 1. The molecule has 20 heavy (non-hydrogen) atoms. The normalized spacial score (nSPS) is 10.7. The van der Waals surface area contributed by atoms with E-state index in [4.69, 9.17) is 5.73 Å². The molecule has 0 saturated carbocycles. The van der Waals surface area contributed by atoms with Crippen LogP contribution < -0.4 is 5.73 Å². The van der Waals surface area contributed by atoms with E-state index in [0.717, 1.165) is 28.3 Å². The van der Waals surface area contributed by atoms with Gasteiger partial charge >= 0.3 is 0 Å². The Morgan fingerprint density at radius 1 is 0.950 bits per heavy atom. The first-order chi connectivity index (χ1) is 9.66. The van der Waals surface area contributed by atoms with E-state index in [-0.39, 0.29) is 0 Å². The minimum atomic E-state index is 0.522. The van der Waals surface area contributed by atoms with E-state index >= 15 is 0 Å². The van der Waals surface area contributed by atoms with Gasteiger partial charge in [-0.1, -0.05) is 24.3 Å². The quantitative estimate of drug-likeness (QED) is 0.773. The third-order valence-electron chi connectivity index (χ3n) is 3.32. The molecule has 0 aliphatic carbocycles. The average molecular weight is 264 g/mol. The molecule has 0 atom stereocenters. The maximum absolute atomic E-state index is 5.78. The molecule has 1 aromatic carbocycles. The van der Waals surface area contributed by atoms with E-state index < -0.39 is 0 Å². The molecule has 0 aliphatic heterocycles. The smallest absolute Gasteiger partial charge is 0.124 e. The molecule has 4 heteroatoms. The van der Waals surface area contributed by atoms with Gasteiger partial charge in [0.1, 0.15) is 5.82 Å². The Hall–Kier alpha value is -2.62. The molecule has 0 saturated heterocycles. The van der Waals surface area contributed by atoms with Crippen LogP contribution >= 0.6 is 0 Å². The van der Waals surface area contributed by atoms with Crippen LogP contribution in [0.15, 0.2) is 48.5 Å². The fraction of sp³-hybridized carbons (Fsp3) is 0.125. The fourth-order valence-corrected chi connectivity index (χ4v) is 2.42. The van der Waals surface area contributed by atoms with Crippen LogP contribution in [0.5, 0.6) is 0 Å². The van der Waals surface area contributed by atoms with Gasteiger partial charge in [-0.2, -0.15) is 5.10 Å². The van der Waals surface area contributed by atoms with Gasteiger partial charge in [-0.15, -0.1) is 0 Å². The topological polar surface area (TPSA) is 56.7 Å². The van der Waals surface area contributed by atoms with Gasteiger partial charge in [0.2, 0.25) is 0 Å². The Bertz CT molecular complexity index is 744. The average Bonchev–Trinajstić information content (AvgIpc) is 2.75. The van der Waals surface area contributed by atoms with E-state index in [0.29, 0.717) is 5.82 Å². The molecular weight excluding hydrogens is 248 g/mol. The molecule has 4 nitrogen and oxygen atoms in total. The molecule has 2 N–H and O–H groups in total. The Morgan fingerprint density at radius 2 is 1.70 bits per heavy atom. The third-order valence-corrected chi connectivity index (χ3v) is 3.32. The zero-order chi connectivity index (χ0) is 14.1. The second kappa shape index (κ2) is 4.81. The van der Waals surface area contributed by atoms with Crippen molar-refractivity contribution in [1.29, 1.82) is 0 Å². The van der Waals surface area contributed by atoms with Crippen molar-refractivity contribution in [1.82, 2.24) is 14.8 Å². The number of aryl methyl sites for hydroxylation is 1. The number of rotatable bonds is 2. The summed E-state index contributed by atoms with van der Waals surface area (Å²) in [5, 5.41) is 4.62. The molecule has 0 aliphatic rings. The number of pyridine rings is 1. The van der Waals surface area contributed by atoms with E-state index in [1.807, 2.05) is 61.0 Å². The summed E-state index contributed by atoms with van der Waals surface area (Å²) < 4.78 is 1.94. The molecule has 2 aromatic heterocycles. The lowest BCUT2D eigenvalue weighted by atomic mass is 10.1. The minimum absolute atomic E-state index is 0.522. The Morgan fingerprint density at radius 3 is 2.40 bits per heavy atom. The van der Waals surface area contributed by atoms with Crippen molar-refractivity contribution < 1.29 is 0 Å². The first-order valence-corrected chi connectivity index (χ1v) is 6.51. The molecule has 0 spiro atoms. The zero-order valence-electron chi connectivity index (χ0n) is 11.5. The number of para-hydroxylation sites is 1. The van der Waals surface area contributed by atoms with Crippen LogP contribution in [0.1, 0.15) is 11.4 Å². The predicted molar refractivity (Wildman–Crippen MR) is 80.7 cm³/mol. The van der Waals surface area contributed by atoms with Crippen LogP contribution in [0.3, 0.4) is 0 Å². The second-order valence-electron chi connectivity index (χ2n) is 4.74. The predicted octanol–water partition coefficient (Wildman–Crippen LogP) is 3.13.